The number of thiophene rings is 1. The fourth-order valence-electron chi connectivity index (χ4n) is 1.91. The van der Waals surface area contributed by atoms with E-state index in [9.17, 15) is 0 Å². The van der Waals surface area contributed by atoms with Crippen LogP contribution in [-0.2, 0) is 6.54 Å². The summed E-state index contributed by atoms with van der Waals surface area (Å²) in [5.41, 5.74) is 0. The van der Waals surface area contributed by atoms with E-state index in [-0.39, 0.29) is 0 Å². The Morgan fingerprint density at radius 2 is 2.31 bits per heavy atom. The number of hydrogen-bond donors (Lipinski definition) is 0. The molecule has 0 bridgehead atoms. The van der Waals surface area contributed by atoms with E-state index in [1.807, 2.05) is 10.9 Å². The molecule has 84 valence electrons. The lowest BCUT2D eigenvalue weighted by Gasteiger charge is -2.38. The minimum atomic E-state index is 0.505. The van der Waals surface area contributed by atoms with E-state index in [0.29, 0.717) is 6.04 Å². The molecule has 1 aliphatic rings. The number of likely N-dealkylation sites (tertiary alicyclic amines) is 1. The highest BCUT2D eigenvalue weighted by atomic mass is 79.9. The molecule has 4 nitrogen and oxygen atoms in total. The monoisotopic (exact) mass is 298 g/mol. The number of aromatic nitrogens is 3. The van der Waals surface area contributed by atoms with Crippen LogP contribution in [0.2, 0.25) is 0 Å². The van der Waals surface area contributed by atoms with E-state index in [1.165, 1.54) is 8.66 Å². The van der Waals surface area contributed by atoms with Crippen LogP contribution in [0.5, 0.6) is 0 Å². The smallest absolute Gasteiger partial charge is 0.0790 e. The van der Waals surface area contributed by atoms with Gasteiger partial charge in [-0.3, -0.25) is 4.90 Å². The zero-order chi connectivity index (χ0) is 11.0. The second kappa shape index (κ2) is 4.27. The van der Waals surface area contributed by atoms with Gasteiger partial charge in [0, 0.05) is 30.7 Å². The molecule has 0 radical (unpaired) electrons. The summed E-state index contributed by atoms with van der Waals surface area (Å²) in [5.74, 6) is 0. The van der Waals surface area contributed by atoms with Crippen molar-refractivity contribution in [3.8, 4) is 0 Å². The number of nitrogens with zero attached hydrogens (tertiary/aromatic N) is 4. The molecule has 2 aromatic heterocycles. The average molecular weight is 299 g/mol. The summed E-state index contributed by atoms with van der Waals surface area (Å²) in [4.78, 5) is 3.83. The zero-order valence-corrected chi connectivity index (χ0v) is 11.0. The maximum atomic E-state index is 4.02. The summed E-state index contributed by atoms with van der Waals surface area (Å²) in [6.07, 6.45) is 3.67. The van der Waals surface area contributed by atoms with Crippen molar-refractivity contribution >= 4 is 27.3 Å². The van der Waals surface area contributed by atoms with Gasteiger partial charge in [-0.2, -0.15) is 0 Å². The molecule has 0 N–H and O–H groups in total. The van der Waals surface area contributed by atoms with Crippen LogP contribution in [0.1, 0.15) is 10.9 Å². The molecule has 2 aromatic rings. The minimum absolute atomic E-state index is 0.505. The van der Waals surface area contributed by atoms with E-state index in [1.54, 1.807) is 17.5 Å². The van der Waals surface area contributed by atoms with Crippen molar-refractivity contribution in [3.05, 3.63) is 33.2 Å². The maximum absolute atomic E-state index is 4.02. The fourth-order valence-corrected chi connectivity index (χ4v) is 3.43. The summed E-state index contributed by atoms with van der Waals surface area (Å²) in [6.45, 7) is 3.18. The van der Waals surface area contributed by atoms with Crippen molar-refractivity contribution in [3.63, 3.8) is 0 Å². The lowest BCUT2D eigenvalue weighted by atomic mass is 10.1. The Kier molecular flexibility index (Phi) is 2.79. The molecule has 0 aromatic carbocycles. The zero-order valence-electron chi connectivity index (χ0n) is 8.58. The normalized spacial score (nSPS) is 17.6. The van der Waals surface area contributed by atoms with Gasteiger partial charge >= 0.3 is 0 Å². The first-order chi connectivity index (χ1) is 7.81. The topological polar surface area (TPSA) is 34.0 Å². The van der Waals surface area contributed by atoms with Gasteiger partial charge in [-0.25, -0.2) is 4.68 Å². The largest absolute Gasteiger partial charge is 0.294 e. The standard InChI is InChI=1S/C10H11BrN4S/c11-10-2-1-9(16-10)7-14-5-8(6-14)15-4-3-12-13-15/h1-4,8H,5-7H2. The van der Waals surface area contributed by atoms with Crippen LogP contribution in [0.25, 0.3) is 0 Å². The first kappa shape index (κ1) is 10.4. The Hall–Kier alpha value is -0.720. The van der Waals surface area contributed by atoms with E-state index >= 15 is 0 Å². The molecular formula is C10H11BrN4S. The Morgan fingerprint density at radius 3 is 2.94 bits per heavy atom. The second-order valence-electron chi connectivity index (χ2n) is 3.94. The third kappa shape index (κ3) is 2.05. The van der Waals surface area contributed by atoms with Gasteiger partial charge in [0.2, 0.25) is 0 Å². The highest BCUT2D eigenvalue weighted by molar-refractivity contribution is 9.11. The molecule has 16 heavy (non-hydrogen) atoms. The van der Waals surface area contributed by atoms with Crippen molar-refractivity contribution < 1.29 is 0 Å². The number of rotatable bonds is 3. The first-order valence-corrected chi connectivity index (χ1v) is 6.74. The lowest BCUT2D eigenvalue weighted by molar-refractivity contribution is 0.0907. The van der Waals surface area contributed by atoms with Crippen LogP contribution < -0.4 is 0 Å². The molecule has 1 fully saturated rings. The van der Waals surface area contributed by atoms with Crippen LogP contribution in [0.3, 0.4) is 0 Å². The van der Waals surface area contributed by atoms with Gasteiger partial charge < -0.3 is 0 Å². The minimum Gasteiger partial charge on any atom is -0.294 e. The highest BCUT2D eigenvalue weighted by Crippen LogP contribution is 2.27. The van der Waals surface area contributed by atoms with Gasteiger partial charge in [-0.15, -0.1) is 16.4 Å². The van der Waals surface area contributed by atoms with E-state index < -0.39 is 0 Å². The van der Waals surface area contributed by atoms with Crippen LogP contribution in [-0.4, -0.2) is 33.0 Å². The SMILES string of the molecule is Brc1ccc(CN2CC(n3ccnn3)C2)s1. The summed E-state index contributed by atoms with van der Waals surface area (Å²) in [7, 11) is 0. The molecule has 3 rings (SSSR count). The van der Waals surface area contributed by atoms with Gasteiger partial charge in [0.25, 0.3) is 0 Å². The van der Waals surface area contributed by atoms with Gasteiger partial charge in [0.1, 0.15) is 0 Å². The van der Waals surface area contributed by atoms with Crippen LogP contribution >= 0.6 is 27.3 Å². The van der Waals surface area contributed by atoms with Gasteiger partial charge in [-0.05, 0) is 28.1 Å². The lowest BCUT2D eigenvalue weighted by Crippen LogP contribution is -2.47. The van der Waals surface area contributed by atoms with Crippen LogP contribution in [0.15, 0.2) is 28.3 Å². The second-order valence-corrected chi connectivity index (χ2v) is 6.48. The third-order valence-electron chi connectivity index (χ3n) is 2.76. The Morgan fingerprint density at radius 1 is 1.44 bits per heavy atom. The highest BCUT2D eigenvalue weighted by Gasteiger charge is 2.28. The Labute approximate surface area is 106 Å². The molecule has 3 heterocycles. The Bertz CT molecular complexity index is 461. The molecule has 0 amide bonds. The van der Waals surface area contributed by atoms with Crippen molar-refractivity contribution in [2.75, 3.05) is 13.1 Å². The number of halogens is 1. The van der Waals surface area contributed by atoms with Crippen LogP contribution in [0.4, 0.5) is 0 Å². The van der Waals surface area contributed by atoms with Gasteiger partial charge in [-0.1, -0.05) is 5.21 Å². The Balaban J connectivity index is 1.54. The molecule has 0 atom stereocenters. The summed E-state index contributed by atoms with van der Waals surface area (Å²) < 4.78 is 3.15. The molecule has 1 aliphatic heterocycles. The molecular weight excluding hydrogens is 288 g/mol. The van der Waals surface area contributed by atoms with E-state index in [2.05, 4.69) is 43.3 Å². The molecule has 0 saturated carbocycles. The molecule has 0 unspecified atom stereocenters. The summed E-state index contributed by atoms with van der Waals surface area (Å²) >= 11 is 5.29. The molecule has 1 saturated heterocycles. The third-order valence-corrected chi connectivity index (χ3v) is 4.37. The first-order valence-electron chi connectivity index (χ1n) is 5.13. The fraction of sp³-hybridized carbons (Fsp3) is 0.400. The van der Waals surface area contributed by atoms with Crippen molar-refractivity contribution in [1.29, 1.82) is 0 Å². The number of hydrogen-bond acceptors (Lipinski definition) is 4. The van der Waals surface area contributed by atoms with E-state index in [4.69, 9.17) is 0 Å². The van der Waals surface area contributed by atoms with Gasteiger partial charge in [0.05, 0.1) is 16.0 Å². The predicted molar refractivity (Wildman–Crippen MR) is 66.4 cm³/mol. The van der Waals surface area contributed by atoms with Gasteiger partial charge in [0.15, 0.2) is 0 Å². The summed E-state index contributed by atoms with van der Waals surface area (Å²) in [6, 6.07) is 4.79. The average Bonchev–Trinajstić information content (AvgIpc) is 2.82. The molecule has 0 spiro atoms. The summed E-state index contributed by atoms with van der Waals surface area (Å²) in [5, 5.41) is 7.85. The van der Waals surface area contributed by atoms with Crippen molar-refractivity contribution in [2.24, 2.45) is 0 Å². The predicted octanol–water partition coefficient (Wildman–Crippen LogP) is 2.16. The maximum Gasteiger partial charge on any atom is 0.0790 e. The molecule has 0 aliphatic carbocycles. The quantitative estimate of drug-likeness (QED) is 0.871. The van der Waals surface area contributed by atoms with Crippen LogP contribution in [0, 0.1) is 0 Å². The van der Waals surface area contributed by atoms with Crippen molar-refractivity contribution in [2.45, 2.75) is 12.6 Å². The van der Waals surface area contributed by atoms with Crippen molar-refractivity contribution in [1.82, 2.24) is 19.9 Å². The molecule has 6 heteroatoms. The van der Waals surface area contributed by atoms with E-state index in [0.717, 1.165) is 19.6 Å².